The summed E-state index contributed by atoms with van der Waals surface area (Å²) in [6.45, 7) is 23.3. The van der Waals surface area contributed by atoms with E-state index in [9.17, 15) is 28.8 Å². The van der Waals surface area contributed by atoms with Gasteiger partial charge in [-0.3, -0.25) is 24.0 Å². The molecule has 6 amide bonds. The van der Waals surface area contributed by atoms with Gasteiger partial charge in [0.1, 0.15) is 6.04 Å². The van der Waals surface area contributed by atoms with Gasteiger partial charge in [-0.15, -0.1) is 0 Å². The summed E-state index contributed by atoms with van der Waals surface area (Å²) in [5, 5.41) is 7.77. The molecule has 0 spiro atoms. The van der Waals surface area contributed by atoms with Crippen molar-refractivity contribution in [1.82, 2.24) is 35.7 Å². The van der Waals surface area contributed by atoms with Crippen molar-refractivity contribution in [3.05, 3.63) is 18.5 Å². The van der Waals surface area contributed by atoms with Crippen molar-refractivity contribution in [3.63, 3.8) is 0 Å². The van der Waals surface area contributed by atoms with E-state index in [1.54, 1.807) is 23.4 Å². The van der Waals surface area contributed by atoms with Gasteiger partial charge >= 0.3 is 6.03 Å². The number of urea groups is 1. The van der Waals surface area contributed by atoms with Crippen LogP contribution in [0.3, 0.4) is 0 Å². The Bertz CT molecular complexity index is 1250. The molecule has 308 valence electrons. The number of nitrogens with one attached hydrogen (secondary N) is 3. The van der Waals surface area contributed by atoms with Crippen molar-refractivity contribution in [3.8, 4) is 0 Å². The van der Waals surface area contributed by atoms with E-state index in [0.717, 1.165) is 32.1 Å². The molecule has 1 aromatic heterocycles. The molecule has 3 unspecified atom stereocenters. The van der Waals surface area contributed by atoms with Gasteiger partial charge in [0.05, 0.1) is 12.6 Å². The molecule has 3 fully saturated rings. The third-order valence-electron chi connectivity index (χ3n) is 8.71. The summed E-state index contributed by atoms with van der Waals surface area (Å²) in [5.41, 5.74) is 4.41. The summed E-state index contributed by atoms with van der Waals surface area (Å²) in [5.74, 6) is -0.811. The summed E-state index contributed by atoms with van der Waals surface area (Å²) in [6, 6.07) is 0.0557. The number of amides is 6. The van der Waals surface area contributed by atoms with Gasteiger partial charge in [0.15, 0.2) is 0 Å². The first kappa shape index (κ1) is 49.7. The fraction of sp³-hybridized carbons (Fsp3) is 0.744. The smallest absolute Gasteiger partial charge is 0.315 e. The maximum absolute atomic E-state index is 13.1. The van der Waals surface area contributed by atoms with Gasteiger partial charge in [-0.25, -0.2) is 14.8 Å². The molecule has 54 heavy (non-hydrogen) atoms. The predicted octanol–water partition coefficient (Wildman–Crippen LogP) is 4.05. The van der Waals surface area contributed by atoms with Crippen molar-refractivity contribution in [2.24, 2.45) is 17.1 Å². The number of piperazine rings is 1. The van der Waals surface area contributed by atoms with Crippen molar-refractivity contribution in [2.75, 3.05) is 44.2 Å². The third kappa shape index (κ3) is 18.2. The highest BCUT2D eigenvalue weighted by Crippen LogP contribution is 2.30. The van der Waals surface area contributed by atoms with Crippen LogP contribution in [0.5, 0.6) is 0 Å². The fourth-order valence-corrected chi connectivity index (χ4v) is 5.70. The normalized spacial score (nSPS) is 17.4. The number of hydrogen-bond acceptors (Lipinski definition) is 9. The number of hydrogen-bond donors (Lipinski definition) is 4. The lowest BCUT2D eigenvalue weighted by atomic mass is 9.80. The maximum atomic E-state index is 13.1. The maximum Gasteiger partial charge on any atom is 0.315 e. The SMILES string of the molecule is CC.CC1CCCN1C(=O)C(NC(=O)NCC(=O)N1CCN(c2ncccn2)CC1)C(C)(C)C.CCC.CCC.NC(=O)C(=O)C(CC1CCC1)NC=O. The number of primary amides is 1. The molecule has 3 heterocycles. The number of carbonyl (C=O) groups is 6. The Morgan fingerprint density at radius 1 is 0.907 bits per heavy atom. The Morgan fingerprint density at radius 3 is 1.89 bits per heavy atom. The summed E-state index contributed by atoms with van der Waals surface area (Å²) >= 11 is 0. The van der Waals surface area contributed by atoms with E-state index in [1.807, 2.05) is 51.3 Å². The van der Waals surface area contributed by atoms with Gasteiger partial charge in [-0.05, 0) is 43.6 Å². The largest absolute Gasteiger partial charge is 0.363 e. The summed E-state index contributed by atoms with van der Waals surface area (Å²) in [7, 11) is 0. The monoisotopic (exact) mass is 762 g/mol. The van der Waals surface area contributed by atoms with Crippen molar-refractivity contribution >= 4 is 41.9 Å². The van der Waals surface area contributed by atoms with Gasteiger partial charge in [0.25, 0.3) is 5.91 Å². The molecule has 0 aromatic carbocycles. The van der Waals surface area contributed by atoms with Crippen LogP contribution in [0.1, 0.15) is 121 Å². The Balaban J connectivity index is 0.00000106. The highest BCUT2D eigenvalue weighted by molar-refractivity contribution is 6.37. The molecule has 4 rings (SSSR count). The topological polar surface area (TPSA) is 200 Å². The van der Waals surface area contributed by atoms with Crippen LogP contribution in [0.15, 0.2) is 18.5 Å². The number of aromatic nitrogens is 2. The second kappa shape index (κ2) is 27.3. The quantitative estimate of drug-likeness (QED) is 0.190. The van der Waals surface area contributed by atoms with E-state index in [4.69, 9.17) is 5.73 Å². The van der Waals surface area contributed by atoms with Crippen LogP contribution in [0, 0.1) is 11.3 Å². The van der Waals surface area contributed by atoms with E-state index in [0.29, 0.717) is 57.4 Å². The first-order valence-electron chi connectivity index (χ1n) is 19.8. The van der Waals surface area contributed by atoms with Crippen LogP contribution in [-0.2, 0) is 24.0 Å². The lowest BCUT2D eigenvalue weighted by molar-refractivity contribution is -0.138. The number of Topliss-reactive ketones (excluding diaryl/α,β-unsaturated/α-hetero) is 1. The van der Waals surface area contributed by atoms with E-state index in [1.165, 1.54) is 12.8 Å². The zero-order valence-corrected chi connectivity index (χ0v) is 34.8. The van der Waals surface area contributed by atoms with Crippen molar-refractivity contribution < 1.29 is 28.8 Å². The van der Waals surface area contributed by atoms with Crippen LogP contribution < -0.4 is 26.6 Å². The highest BCUT2D eigenvalue weighted by Gasteiger charge is 2.38. The molecule has 1 aliphatic carbocycles. The number of likely N-dealkylation sites (tertiary alicyclic amines) is 1. The first-order valence-corrected chi connectivity index (χ1v) is 19.8. The first-order chi connectivity index (χ1) is 25.6. The molecule has 15 nitrogen and oxygen atoms in total. The van der Waals surface area contributed by atoms with E-state index in [2.05, 4.69) is 53.6 Å². The molecular weight excluding hydrogens is 690 g/mol. The Labute approximate surface area is 324 Å². The summed E-state index contributed by atoms with van der Waals surface area (Å²) in [6.07, 6.45) is 12.1. The number of ketones is 1. The molecule has 2 aliphatic heterocycles. The van der Waals surface area contributed by atoms with Crippen LogP contribution in [-0.4, -0.2) is 113 Å². The lowest BCUT2D eigenvalue weighted by Crippen LogP contribution is -2.58. The van der Waals surface area contributed by atoms with Crippen LogP contribution in [0.25, 0.3) is 0 Å². The lowest BCUT2D eigenvalue weighted by Gasteiger charge is -2.35. The van der Waals surface area contributed by atoms with E-state index >= 15 is 0 Å². The molecule has 1 saturated carbocycles. The van der Waals surface area contributed by atoms with E-state index in [-0.39, 0.29) is 24.4 Å². The standard InChI is InChI=1S/C22H35N7O3.C9H14N2O3.2C3H8.C2H6/c1-16-7-5-10-29(16)19(31)18(22(2,3)4)26-21(32)25-15-17(30)27-11-13-28(14-12-27)20-23-8-6-9-24-20;10-9(14)8(13)7(11-5-12)4-6-2-1-3-6;2*1-3-2;1-2/h6,8-9,16,18H,5,7,10-15H2,1-4H3,(H2,25,26,32);5-7H,1-4H2,(H2,10,14)(H,11,12);2*3H2,1-2H3;1-2H3. The summed E-state index contributed by atoms with van der Waals surface area (Å²) in [4.78, 5) is 84.3. The van der Waals surface area contributed by atoms with Gasteiger partial charge in [0.2, 0.25) is 30.0 Å². The fourth-order valence-electron chi connectivity index (χ4n) is 5.70. The van der Waals surface area contributed by atoms with Gasteiger partial charge in [-0.1, -0.05) is 94.4 Å². The second-order valence-electron chi connectivity index (χ2n) is 14.6. The minimum atomic E-state index is -0.983. The Kier molecular flexibility index (Phi) is 25.1. The Hall–Kier alpha value is -4.30. The molecule has 5 N–H and O–H groups in total. The second-order valence-corrected chi connectivity index (χ2v) is 14.6. The minimum absolute atomic E-state index is 0.0665. The van der Waals surface area contributed by atoms with Crippen LogP contribution >= 0.6 is 0 Å². The molecular formula is C39H71N9O6. The van der Waals surface area contributed by atoms with Crippen LogP contribution in [0.2, 0.25) is 0 Å². The molecule has 2 saturated heterocycles. The van der Waals surface area contributed by atoms with Gasteiger partial charge < -0.3 is 36.4 Å². The summed E-state index contributed by atoms with van der Waals surface area (Å²) < 4.78 is 0. The molecule has 3 atom stereocenters. The van der Waals surface area contributed by atoms with Crippen LogP contribution in [0.4, 0.5) is 10.7 Å². The number of nitrogens with zero attached hydrogens (tertiary/aromatic N) is 5. The third-order valence-corrected chi connectivity index (χ3v) is 8.71. The number of nitrogens with two attached hydrogens (primary N) is 1. The molecule has 0 bridgehead atoms. The average Bonchev–Trinajstić information content (AvgIpc) is 3.57. The molecule has 0 radical (unpaired) electrons. The van der Waals surface area contributed by atoms with Crippen molar-refractivity contribution in [2.45, 2.75) is 139 Å². The molecule has 15 heteroatoms. The number of rotatable bonds is 11. The Morgan fingerprint density at radius 2 is 1.46 bits per heavy atom. The molecule has 3 aliphatic rings. The van der Waals surface area contributed by atoms with Crippen molar-refractivity contribution in [1.29, 1.82) is 0 Å². The molecule has 1 aromatic rings. The predicted molar refractivity (Wildman–Crippen MR) is 213 cm³/mol. The zero-order chi connectivity index (χ0) is 41.3. The minimum Gasteiger partial charge on any atom is -0.363 e. The van der Waals surface area contributed by atoms with Gasteiger partial charge in [0, 0.05) is 51.2 Å². The average molecular weight is 762 g/mol. The zero-order valence-electron chi connectivity index (χ0n) is 34.8. The van der Waals surface area contributed by atoms with Gasteiger partial charge in [-0.2, -0.15) is 0 Å². The number of anilines is 1. The highest BCUT2D eigenvalue weighted by atomic mass is 16.2. The van der Waals surface area contributed by atoms with E-state index < -0.39 is 35.2 Å². The number of carbonyl (C=O) groups excluding carboxylic acids is 6.